The summed E-state index contributed by atoms with van der Waals surface area (Å²) >= 11 is 3.43. The standard InChI is InChI=1S/C15H15BrFN/c1-10-4-3-5-11(2)15(10)18-9-12-8-13(17)6-7-14(12)16/h3-8,18H,9H2,1-2H3. The van der Waals surface area contributed by atoms with Gasteiger partial charge in [-0.2, -0.15) is 0 Å². The molecule has 0 aliphatic rings. The van der Waals surface area contributed by atoms with Gasteiger partial charge in [-0.25, -0.2) is 4.39 Å². The molecule has 0 unspecified atom stereocenters. The lowest BCUT2D eigenvalue weighted by atomic mass is 10.1. The highest BCUT2D eigenvalue weighted by Gasteiger charge is 2.04. The van der Waals surface area contributed by atoms with Gasteiger partial charge in [-0.05, 0) is 48.7 Å². The molecular formula is C15H15BrFN. The Morgan fingerprint density at radius 2 is 1.78 bits per heavy atom. The van der Waals surface area contributed by atoms with Crippen LogP contribution >= 0.6 is 15.9 Å². The van der Waals surface area contributed by atoms with Crippen LogP contribution in [0.4, 0.5) is 10.1 Å². The molecule has 0 saturated heterocycles. The fourth-order valence-electron chi connectivity index (χ4n) is 1.96. The van der Waals surface area contributed by atoms with Gasteiger partial charge in [0, 0.05) is 16.7 Å². The molecule has 0 saturated carbocycles. The quantitative estimate of drug-likeness (QED) is 0.857. The van der Waals surface area contributed by atoms with Crippen LogP contribution in [-0.2, 0) is 6.54 Å². The third kappa shape index (κ3) is 2.91. The second-order valence-corrected chi connectivity index (χ2v) is 5.21. The molecule has 2 rings (SSSR count). The van der Waals surface area contributed by atoms with Crippen molar-refractivity contribution in [2.45, 2.75) is 20.4 Å². The lowest BCUT2D eigenvalue weighted by Gasteiger charge is -2.13. The van der Waals surface area contributed by atoms with Gasteiger partial charge in [0.25, 0.3) is 0 Å². The number of halogens is 2. The Morgan fingerprint density at radius 1 is 1.11 bits per heavy atom. The number of para-hydroxylation sites is 1. The van der Waals surface area contributed by atoms with E-state index in [1.807, 2.05) is 6.07 Å². The third-order valence-electron chi connectivity index (χ3n) is 2.94. The Balaban J connectivity index is 2.19. The lowest BCUT2D eigenvalue weighted by Crippen LogP contribution is -2.03. The minimum Gasteiger partial charge on any atom is -0.380 e. The third-order valence-corrected chi connectivity index (χ3v) is 3.72. The molecule has 94 valence electrons. The van der Waals surface area contributed by atoms with Crippen molar-refractivity contribution in [2.24, 2.45) is 0 Å². The molecule has 0 atom stereocenters. The molecule has 0 amide bonds. The summed E-state index contributed by atoms with van der Waals surface area (Å²) in [5, 5.41) is 3.37. The van der Waals surface area contributed by atoms with Crippen LogP contribution in [0, 0.1) is 19.7 Å². The molecular weight excluding hydrogens is 293 g/mol. The molecule has 0 aromatic heterocycles. The van der Waals surface area contributed by atoms with Gasteiger partial charge in [-0.3, -0.25) is 0 Å². The van der Waals surface area contributed by atoms with E-state index in [0.717, 1.165) is 15.7 Å². The van der Waals surface area contributed by atoms with Crippen molar-refractivity contribution in [1.82, 2.24) is 0 Å². The van der Waals surface area contributed by atoms with Crippen molar-refractivity contribution in [3.8, 4) is 0 Å². The van der Waals surface area contributed by atoms with E-state index in [2.05, 4.69) is 47.2 Å². The van der Waals surface area contributed by atoms with Crippen LogP contribution in [0.2, 0.25) is 0 Å². The molecule has 0 fully saturated rings. The molecule has 0 radical (unpaired) electrons. The summed E-state index contributed by atoms with van der Waals surface area (Å²) in [5.74, 6) is -0.212. The van der Waals surface area contributed by atoms with E-state index in [4.69, 9.17) is 0 Å². The number of hydrogen-bond acceptors (Lipinski definition) is 1. The molecule has 2 aromatic carbocycles. The van der Waals surface area contributed by atoms with Gasteiger partial charge in [0.2, 0.25) is 0 Å². The molecule has 2 aromatic rings. The summed E-state index contributed by atoms with van der Waals surface area (Å²) in [4.78, 5) is 0. The molecule has 0 spiro atoms. The van der Waals surface area contributed by atoms with Gasteiger partial charge in [0.05, 0.1) is 0 Å². The molecule has 0 heterocycles. The van der Waals surface area contributed by atoms with Crippen molar-refractivity contribution >= 4 is 21.6 Å². The minimum absolute atomic E-state index is 0.212. The van der Waals surface area contributed by atoms with Gasteiger partial charge in [0.15, 0.2) is 0 Å². The fourth-order valence-corrected chi connectivity index (χ4v) is 2.34. The van der Waals surface area contributed by atoms with Gasteiger partial charge in [-0.1, -0.05) is 34.1 Å². The maximum atomic E-state index is 13.2. The summed E-state index contributed by atoms with van der Waals surface area (Å²) in [5.41, 5.74) is 4.43. The first kappa shape index (κ1) is 13.1. The van der Waals surface area contributed by atoms with Crippen LogP contribution in [0.5, 0.6) is 0 Å². The zero-order chi connectivity index (χ0) is 13.1. The van der Waals surface area contributed by atoms with E-state index < -0.39 is 0 Å². The zero-order valence-corrected chi connectivity index (χ0v) is 12.0. The largest absolute Gasteiger partial charge is 0.380 e. The SMILES string of the molecule is Cc1cccc(C)c1NCc1cc(F)ccc1Br. The molecule has 0 aliphatic heterocycles. The average Bonchev–Trinajstić information content (AvgIpc) is 2.33. The predicted molar refractivity (Wildman–Crippen MR) is 77.3 cm³/mol. The van der Waals surface area contributed by atoms with Crippen LogP contribution < -0.4 is 5.32 Å². The second-order valence-electron chi connectivity index (χ2n) is 4.36. The highest BCUT2D eigenvalue weighted by atomic mass is 79.9. The Hall–Kier alpha value is -1.35. The molecule has 1 N–H and O–H groups in total. The monoisotopic (exact) mass is 307 g/mol. The number of aryl methyl sites for hydroxylation is 2. The van der Waals surface area contributed by atoms with E-state index >= 15 is 0 Å². The molecule has 1 nitrogen and oxygen atoms in total. The first-order chi connectivity index (χ1) is 8.58. The van der Waals surface area contributed by atoms with Crippen LogP contribution in [-0.4, -0.2) is 0 Å². The number of rotatable bonds is 3. The van der Waals surface area contributed by atoms with Gasteiger partial charge in [0.1, 0.15) is 5.82 Å². The van der Waals surface area contributed by atoms with Crippen molar-refractivity contribution in [1.29, 1.82) is 0 Å². The van der Waals surface area contributed by atoms with Gasteiger partial charge < -0.3 is 5.32 Å². The summed E-state index contributed by atoms with van der Waals surface area (Å²) in [7, 11) is 0. The molecule has 0 aliphatic carbocycles. The highest BCUT2D eigenvalue weighted by molar-refractivity contribution is 9.10. The maximum absolute atomic E-state index is 13.2. The Labute approximate surface area is 115 Å². The zero-order valence-electron chi connectivity index (χ0n) is 10.4. The second kappa shape index (κ2) is 5.53. The summed E-state index contributed by atoms with van der Waals surface area (Å²) in [6.45, 7) is 4.73. The van der Waals surface area contributed by atoms with Gasteiger partial charge in [-0.15, -0.1) is 0 Å². The van der Waals surface area contributed by atoms with Crippen molar-refractivity contribution in [3.05, 3.63) is 63.4 Å². The predicted octanol–water partition coefficient (Wildman–Crippen LogP) is 4.82. The molecule has 3 heteroatoms. The number of benzene rings is 2. The summed E-state index contributed by atoms with van der Waals surface area (Å²) < 4.78 is 14.1. The maximum Gasteiger partial charge on any atom is 0.123 e. The summed E-state index contributed by atoms with van der Waals surface area (Å²) in [6, 6.07) is 10.9. The van der Waals surface area contributed by atoms with Crippen molar-refractivity contribution in [2.75, 3.05) is 5.32 Å². The fraction of sp³-hybridized carbons (Fsp3) is 0.200. The van der Waals surface area contributed by atoms with Crippen LogP contribution in [0.1, 0.15) is 16.7 Å². The van der Waals surface area contributed by atoms with E-state index in [1.165, 1.54) is 17.2 Å². The van der Waals surface area contributed by atoms with E-state index in [-0.39, 0.29) is 5.82 Å². The van der Waals surface area contributed by atoms with Crippen molar-refractivity contribution < 1.29 is 4.39 Å². The smallest absolute Gasteiger partial charge is 0.123 e. The Bertz CT molecular complexity index is 546. The molecule has 18 heavy (non-hydrogen) atoms. The van der Waals surface area contributed by atoms with Crippen LogP contribution in [0.25, 0.3) is 0 Å². The summed E-state index contributed by atoms with van der Waals surface area (Å²) in [6.07, 6.45) is 0. The van der Waals surface area contributed by atoms with Crippen molar-refractivity contribution in [3.63, 3.8) is 0 Å². The average molecular weight is 308 g/mol. The topological polar surface area (TPSA) is 12.0 Å². The number of anilines is 1. The Morgan fingerprint density at radius 3 is 2.44 bits per heavy atom. The van der Waals surface area contributed by atoms with E-state index in [0.29, 0.717) is 6.54 Å². The number of nitrogens with one attached hydrogen (secondary N) is 1. The first-order valence-electron chi connectivity index (χ1n) is 5.82. The van der Waals surface area contributed by atoms with Gasteiger partial charge >= 0.3 is 0 Å². The number of hydrogen-bond donors (Lipinski definition) is 1. The van der Waals surface area contributed by atoms with E-state index in [9.17, 15) is 4.39 Å². The van der Waals surface area contributed by atoms with Crippen LogP contribution in [0.3, 0.4) is 0 Å². The first-order valence-corrected chi connectivity index (χ1v) is 6.61. The Kier molecular flexibility index (Phi) is 4.02. The van der Waals surface area contributed by atoms with Crippen LogP contribution in [0.15, 0.2) is 40.9 Å². The molecule has 0 bridgehead atoms. The minimum atomic E-state index is -0.212. The normalized spacial score (nSPS) is 10.4. The lowest BCUT2D eigenvalue weighted by molar-refractivity contribution is 0.625. The van der Waals surface area contributed by atoms with E-state index in [1.54, 1.807) is 12.1 Å². The highest BCUT2D eigenvalue weighted by Crippen LogP contribution is 2.23.